The van der Waals surface area contributed by atoms with Gasteiger partial charge in [0.05, 0.1) is 8.07 Å². The molecule has 1 aliphatic carbocycles. The van der Waals surface area contributed by atoms with Crippen LogP contribution in [0.2, 0.25) is 19.1 Å². The molecule has 0 aromatic heterocycles. The average Bonchev–Trinajstić information content (AvgIpc) is 2.46. The van der Waals surface area contributed by atoms with Crippen LogP contribution in [0.1, 0.15) is 32.1 Å². The zero-order chi connectivity index (χ0) is 13.6. The van der Waals surface area contributed by atoms with Crippen molar-refractivity contribution in [1.82, 2.24) is 0 Å². The van der Waals surface area contributed by atoms with Crippen LogP contribution in [0, 0.1) is 0 Å². The Bertz CT molecular complexity index is 432. The first-order valence-electron chi connectivity index (χ1n) is 7.58. The van der Waals surface area contributed by atoms with E-state index in [-0.39, 0.29) is 0 Å². The third kappa shape index (κ3) is 4.50. The molecule has 0 aliphatic heterocycles. The van der Waals surface area contributed by atoms with E-state index in [1.54, 1.807) is 10.8 Å². The van der Waals surface area contributed by atoms with Crippen LogP contribution in [0.3, 0.4) is 0 Å². The molecule has 0 saturated heterocycles. The lowest BCUT2D eigenvalue weighted by Crippen LogP contribution is -2.40. The Morgan fingerprint density at radius 2 is 1.68 bits per heavy atom. The largest absolute Gasteiger partial charge is 0.0869 e. The van der Waals surface area contributed by atoms with Gasteiger partial charge in [-0.2, -0.15) is 0 Å². The van der Waals surface area contributed by atoms with Crippen LogP contribution in [0.5, 0.6) is 0 Å². The molecule has 0 heterocycles. The number of hydrogen-bond donors (Lipinski definition) is 0. The van der Waals surface area contributed by atoms with E-state index in [4.69, 9.17) is 0 Å². The second-order valence-electron chi connectivity index (χ2n) is 6.27. The summed E-state index contributed by atoms with van der Waals surface area (Å²) in [6.45, 7) is 4.92. The topological polar surface area (TPSA) is 0 Å². The van der Waals surface area contributed by atoms with E-state index in [9.17, 15) is 0 Å². The first-order chi connectivity index (χ1) is 9.18. The maximum Gasteiger partial charge on any atom is 0.0843 e. The molecule has 0 radical (unpaired) electrons. The second-order valence-corrected chi connectivity index (χ2v) is 11.0. The molecule has 1 aromatic carbocycles. The molecule has 19 heavy (non-hydrogen) atoms. The number of benzene rings is 1. The fourth-order valence-corrected chi connectivity index (χ4v) is 4.80. The Balaban J connectivity index is 1.90. The van der Waals surface area contributed by atoms with E-state index in [0.29, 0.717) is 0 Å². The Kier molecular flexibility index (Phi) is 5.21. The standard InChI is InChI=1S/C18H26Si/c1-19(2,18-14-7-4-8-15-18)16-10-9-13-17-11-5-3-6-12-17/h4,7-10,13-15H,3,5-6,11-12,16H2,1-2H3/b10-9+. The number of rotatable bonds is 4. The van der Waals surface area contributed by atoms with Crippen LogP contribution in [-0.2, 0) is 0 Å². The minimum Gasteiger partial charge on any atom is -0.0869 e. The third-order valence-electron chi connectivity index (χ3n) is 4.15. The van der Waals surface area contributed by atoms with Gasteiger partial charge in [-0.3, -0.25) is 0 Å². The summed E-state index contributed by atoms with van der Waals surface area (Å²) in [5.74, 6) is 0. The van der Waals surface area contributed by atoms with E-state index in [1.807, 2.05) is 0 Å². The monoisotopic (exact) mass is 270 g/mol. The highest BCUT2D eigenvalue weighted by atomic mass is 28.3. The average molecular weight is 270 g/mol. The molecule has 2 rings (SSSR count). The normalized spacial score (nSPS) is 16.8. The number of hydrogen-bond acceptors (Lipinski definition) is 0. The fraction of sp³-hybridized carbons (Fsp3) is 0.444. The number of allylic oxidation sites excluding steroid dienone is 4. The van der Waals surface area contributed by atoms with Gasteiger partial charge in [0.2, 0.25) is 0 Å². The molecule has 0 unspecified atom stereocenters. The highest BCUT2D eigenvalue weighted by Crippen LogP contribution is 2.22. The fourth-order valence-electron chi connectivity index (χ4n) is 2.75. The predicted octanol–water partition coefficient (Wildman–Crippen LogP) is 5.05. The third-order valence-corrected chi connectivity index (χ3v) is 7.30. The first-order valence-corrected chi connectivity index (χ1v) is 10.8. The Hall–Kier alpha value is -1.08. The zero-order valence-corrected chi connectivity index (χ0v) is 13.4. The second kappa shape index (κ2) is 6.90. The lowest BCUT2D eigenvalue weighted by atomic mass is 9.95. The highest BCUT2D eigenvalue weighted by molar-refractivity contribution is 6.90. The van der Waals surface area contributed by atoms with Crippen molar-refractivity contribution in [3.05, 3.63) is 54.1 Å². The van der Waals surface area contributed by atoms with E-state index in [0.717, 1.165) is 0 Å². The molecule has 1 saturated carbocycles. The molecule has 1 heteroatoms. The van der Waals surface area contributed by atoms with Gasteiger partial charge in [0.15, 0.2) is 0 Å². The maximum atomic E-state index is 2.46. The summed E-state index contributed by atoms with van der Waals surface area (Å²) in [7, 11) is -1.28. The summed E-state index contributed by atoms with van der Waals surface area (Å²) >= 11 is 0. The Morgan fingerprint density at radius 3 is 2.37 bits per heavy atom. The van der Waals surface area contributed by atoms with E-state index in [1.165, 1.54) is 38.1 Å². The van der Waals surface area contributed by atoms with Gasteiger partial charge >= 0.3 is 0 Å². The molecule has 1 fully saturated rings. The summed E-state index contributed by atoms with van der Waals surface area (Å²) < 4.78 is 0. The van der Waals surface area contributed by atoms with Crippen LogP contribution in [-0.4, -0.2) is 8.07 Å². The SMILES string of the molecule is C[Si](C)(C/C=C/C=C1CCCCC1)c1ccccc1. The van der Waals surface area contributed by atoms with Gasteiger partial charge in [-0.05, 0) is 31.7 Å². The lowest BCUT2D eigenvalue weighted by molar-refractivity contribution is 0.599. The van der Waals surface area contributed by atoms with Gasteiger partial charge in [-0.1, -0.05) is 78.8 Å². The van der Waals surface area contributed by atoms with Gasteiger partial charge < -0.3 is 0 Å². The molecule has 0 atom stereocenters. The van der Waals surface area contributed by atoms with Gasteiger partial charge in [0.25, 0.3) is 0 Å². The van der Waals surface area contributed by atoms with Crippen molar-refractivity contribution in [2.75, 3.05) is 0 Å². The van der Waals surface area contributed by atoms with Crippen molar-refractivity contribution in [3.8, 4) is 0 Å². The van der Waals surface area contributed by atoms with E-state index in [2.05, 4.69) is 61.7 Å². The summed E-state index contributed by atoms with van der Waals surface area (Å²) in [5.41, 5.74) is 1.65. The smallest absolute Gasteiger partial charge is 0.0843 e. The molecule has 1 aromatic rings. The van der Waals surface area contributed by atoms with Crippen molar-refractivity contribution >= 4 is 13.3 Å². The van der Waals surface area contributed by atoms with Crippen molar-refractivity contribution < 1.29 is 0 Å². The molecule has 0 bridgehead atoms. The molecule has 0 spiro atoms. The van der Waals surface area contributed by atoms with Gasteiger partial charge in [0.1, 0.15) is 0 Å². The van der Waals surface area contributed by atoms with Crippen LogP contribution in [0.25, 0.3) is 0 Å². The molecular formula is C18H26Si. The Labute approximate surface area is 119 Å². The van der Waals surface area contributed by atoms with Gasteiger partial charge in [0, 0.05) is 0 Å². The van der Waals surface area contributed by atoms with Crippen molar-refractivity contribution in [1.29, 1.82) is 0 Å². The van der Waals surface area contributed by atoms with E-state index < -0.39 is 8.07 Å². The molecule has 0 nitrogen and oxygen atoms in total. The summed E-state index contributed by atoms with van der Waals surface area (Å²) in [6, 6.07) is 12.3. The molecule has 0 N–H and O–H groups in total. The van der Waals surface area contributed by atoms with Crippen LogP contribution < -0.4 is 5.19 Å². The van der Waals surface area contributed by atoms with Crippen molar-refractivity contribution in [3.63, 3.8) is 0 Å². The zero-order valence-electron chi connectivity index (χ0n) is 12.4. The van der Waals surface area contributed by atoms with Crippen LogP contribution in [0.4, 0.5) is 0 Å². The minimum atomic E-state index is -1.28. The van der Waals surface area contributed by atoms with Crippen LogP contribution >= 0.6 is 0 Å². The summed E-state index contributed by atoms with van der Waals surface area (Å²) in [5, 5.41) is 1.56. The van der Waals surface area contributed by atoms with Crippen LogP contribution in [0.15, 0.2) is 54.1 Å². The predicted molar refractivity (Wildman–Crippen MR) is 88.7 cm³/mol. The van der Waals surface area contributed by atoms with Crippen molar-refractivity contribution in [2.45, 2.75) is 51.2 Å². The summed E-state index contributed by atoms with van der Waals surface area (Å²) in [4.78, 5) is 0. The van der Waals surface area contributed by atoms with Gasteiger partial charge in [-0.15, -0.1) is 0 Å². The molecular weight excluding hydrogens is 244 g/mol. The molecule has 1 aliphatic rings. The maximum absolute atomic E-state index is 2.46. The minimum absolute atomic E-state index is 1.24. The van der Waals surface area contributed by atoms with Gasteiger partial charge in [-0.25, -0.2) is 0 Å². The Morgan fingerprint density at radius 1 is 1.00 bits per heavy atom. The van der Waals surface area contributed by atoms with Crippen molar-refractivity contribution in [2.24, 2.45) is 0 Å². The summed E-state index contributed by atoms with van der Waals surface area (Å²) in [6.07, 6.45) is 13.9. The molecule has 0 amide bonds. The molecule has 102 valence electrons. The van der Waals surface area contributed by atoms with E-state index >= 15 is 0 Å². The first kappa shape index (κ1) is 14.3. The quantitative estimate of drug-likeness (QED) is 0.672. The highest BCUT2D eigenvalue weighted by Gasteiger charge is 2.20. The lowest BCUT2D eigenvalue weighted by Gasteiger charge is -2.20.